The van der Waals surface area contributed by atoms with Gasteiger partial charge in [0.05, 0.1) is 6.61 Å². The highest BCUT2D eigenvalue weighted by atomic mass is 16.5. The maximum absolute atomic E-state index is 5.30. The van der Waals surface area contributed by atoms with E-state index in [2.05, 4.69) is 24.0 Å². The zero-order chi connectivity index (χ0) is 10.8. The smallest absolute Gasteiger partial charge is 0.108 e. The van der Waals surface area contributed by atoms with Gasteiger partial charge >= 0.3 is 0 Å². The van der Waals surface area contributed by atoms with Gasteiger partial charge in [0, 0.05) is 6.42 Å². The van der Waals surface area contributed by atoms with Crippen molar-refractivity contribution in [3.63, 3.8) is 0 Å². The van der Waals surface area contributed by atoms with Gasteiger partial charge in [-0.15, -0.1) is 5.92 Å². The molecule has 1 aromatic carbocycles. The van der Waals surface area contributed by atoms with E-state index in [0.29, 0.717) is 13.2 Å². The van der Waals surface area contributed by atoms with Crippen LogP contribution in [0.1, 0.15) is 18.9 Å². The van der Waals surface area contributed by atoms with Crippen molar-refractivity contribution in [1.29, 1.82) is 0 Å². The van der Waals surface area contributed by atoms with E-state index in [1.807, 2.05) is 37.3 Å². The van der Waals surface area contributed by atoms with Crippen LogP contribution in [0.4, 0.5) is 0 Å². The van der Waals surface area contributed by atoms with Crippen molar-refractivity contribution >= 4 is 6.08 Å². The highest BCUT2D eigenvalue weighted by molar-refractivity contribution is 5.48. The van der Waals surface area contributed by atoms with E-state index < -0.39 is 0 Å². The third kappa shape index (κ3) is 5.72. The summed E-state index contributed by atoms with van der Waals surface area (Å²) in [5, 5.41) is 0. The molecule has 0 bridgehead atoms. The average Bonchev–Trinajstić information content (AvgIpc) is 2.29. The molecule has 1 nitrogen and oxygen atoms in total. The summed E-state index contributed by atoms with van der Waals surface area (Å²) in [7, 11) is 0. The van der Waals surface area contributed by atoms with Crippen LogP contribution in [0.3, 0.4) is 0 Å². The van der Waals surface area contributed by atoms with Gasteiger partial charge in [0.15, 0.2) is 0 Å². The molecular weight excluding hydrogens is 184 g/mol. The van der Waals surface area contributed by atoms with Crippen molar-refractivity contribution in [3.05, 3.63) is 42.0 Å². The quantitative estimate of drug-likeness (QED) is 0.536. The van der Waals surface area contributed by atoms with Crippen LogP contribution in [0.15, 0.2) is 36.4 Å². The van der Waals surface area contributed by atoms with Crippen molar-refractivity contribution in [2.75, 3.05) is 13.2 Å². The fraction of sp³-hybridized carbons (Fsp3) is 0.286. The first-order chi connectivity index (χ1) is 7.43. The lowest BCUT2D eigenvalue weighted by atomic mass is 10.2. The highest BCUT2D eigenvalue weighted by Crippen LogP contribution is 2.00. The molecule has 15 heavy (non-hydrogen) atoms. The maximum atomic E-state index is 5.30. The zero-order valence-corrected chi connectivity index (χ0v) is 9.07. The van der Waals surface area contributed by atoms with Crippen LogP contribution in [0.5, 0.6) is 0 Å². The van der Waals surface area contributed by atoms with Crippen LogP contribution in [0.2, 0.25) is 0 Å². The molecule has 0 saturated heterocycles. The molecule has 1 rings (SSSR count). The second-order valence-corrected chi connectivity index (χ2v) is 3.04. The van der Waals surface area contributed by atoms with Crippen molar-refractivity contribution in [2.45, 2.75) is 13.3 Å². The van der Waals surface area contributed by atoms with Gasteiger partial charge in [-0.25, -0.2) is 0 Å². The van der Waals surface area contributed by atoms with Gasteiger partial charge in [0.2, 0.25) is 0 Å². The Balaban J connectivity index is 2.18. The Hall–Kier alpha value is -1.52. The van der Waals surface area contributed by atoms with E-state index in [-0.39, 0.29) is 0 Å². The number of benzene rings is 1. The van der Waals surface area contributed by atoms with Gasteiger partial charge in [-0.3, -0.25) is 0 Å². The molecule has 0 saturated carbocycles. The lowest BCUT2D eigenvalue weighted by Crippen LogP contribution is -1.90. The molecule has 0 heterocycles. The third-order valence-electron chi connectivity index (χ3n) is 1.80. The molecule has 0 amide bonds. The van der Waals surface area contributed by atoms with Gasteiger partial charge < -0.3 is 4.74 Å². The molecule has 0 atom stereocenters. The van der Waals surface area contributed by atoms with Gasteiger partial charge in [-0.2, -0.15) is 0 Å². The molecule has 0 N–H and O–H groups in total. The Bertz CT molecular complexity index is 341. The summed E-state index contributed by atoms with van der Waals surface area (Å²) in [6.45, 7) is 3.17. The van der Waals surface area contributed by atoms with Crippen molar-refractivity contribution < 1.29 is 4.74 Å². The monoisotopic (exact) mass is 200 g/mol. The number of hydrogen-bond donors (Lipinski definition) is 0. The minimum atomic E-state index is 0.521. The Labute approximate surface area is 91.8 Å². The minimum absolute atomic E-state index is 0.521. The van der Waals surface area contributed by atoms with E-state index in [4.69, 9.17) is 4.74 Å². The summed E-state index contributed by atoms with van der Waals surface area (Å²) in [4.78, 5) is 0. The molecule has 1 heteroatoms. The molecule has 0 aliphatic rings. The average molecular weight is 200 g/mol. The number of ether oxygens (including phenoxy) is 1. The largest absolute Gasteiger partial charge is 0.365 e. The number of hydrogen-bond acceptors (Lipinski definition) is 1. The molecular formula is C14H16O. The Kier molecular flexibility index (Phi) is 6.04. The Morgan fingerprint density at radius 3 is 2.73 bits per heavy atom. The van der Waals surface area contributed by atoms with Crippen LogP contribution in [-0.4, -0.2) is 13.2 Å². The fourth-order valence-electron chi connectivity index (χ4n) is 1.10. The molecule has 0 radical (unpaired) electrons. The molecule has 0 aliphatic heterocycles. The normalized spacial score (nSPS) is 9.93. The summed E-state index contributed by atoms with van der Waals surface area (Å²) in [5.41, 5.74) is 1.20. The molecule has 78 valence electrons. The predicted molar refractivity (Wildman–Crippen MR) is 64.4 cm³/mol. The SMILES string of the molecule is CCC#CCOC/C=C/c1ccccc1. The van der Waals surface area contributed by atoms with Crippen LogP contribution in [0, 0.1) is 11.8 Å². The summed E-state index contributed by atoms with van der Waals surface area (Å²) in [5.74, 6) is 5.89. The molecule has 1 aromatic rings. The Morgan fingerprint density at radius 2 is 2.00 bits per heavy atom. The predicted octanol–water partition coefficient (Wildman–Crippen LogP) is 3.13. The van der Waals surface area contributed by atoms with Gasteiger partial charge in [-0.05, 0) is 5.56 Å². The van der Waals surface area contributed by atoms with Crippen LogP contribution >= 0.6 is 0 Å². The number of rotatable bonds is 4. The van der Waals surface area contributed by atoms with Crippen LogP contribution in [-0.2, 0) is 4.74 Å². The second-order valence-electron chi connectivity index (χ2n) is 3.04. The van der Waals surface area contributed by atoms with E-state index in [1.54, 1.807) is 0 Å². The second kappa shape index (κ2) is 7.84. The maximum Gasteiger partial charge on any atom is 0.108 e. The van der Waals surface area contributed by atoms with Crippen molar-refractivity contribution in [3.8, 4) is 11.8 Å². The molecule has 0 aromatic heterocycles. The van der Waals surface area contributed by atoms with E-state index in [0.717, 1.165) is 6.42 Å². The summed E-state index contributed by atoms with van der Waals surface area (Å²) < 4.78 is 5.30. The Morgan fingerprint density at radius 1 is 1.20 bits per heavy atom. The lowest BCUT2D eigenvalue weighted by Gasteiger charge is -1.93. The third-order valence-corrected chi connectivity index (χ3v) is 1.80. The van der Waals surface area contributed by atoms with E-state index in [1.165, 1.54) is 5.56 Å². The summed E-state index contributed by atoms with van der Waals surface area (Å²) >= 11 is 0. The van der Waals surface area contributed by atoms with Crippen molar-refractivity contribution in [1.82, 2.24) is 0 Å². The lowest BCUT2D eigenvalue weighted by molar-refractivity contribution is 0.199. The van der Waals surface area contributed by atoms with Crippen LogP contribution in [0.25, 0.3) is 6.08 Å². The van der Waals surface area contributed by atoms with Gasteiger partial charge in [0.25, 0.3) is 0 Å². The van der Waals surface area contributed by atoms with E-state index >= 15 is 0 Å². The molecule has 0 aliphatic carbocycles. The molecule has 0 spiro atoms. The molecule has 0 unspecified atom stereocenters. The fourth-order valence-corrected chi connectivity index (χ4v) is 1.10. The van der Waals surface area contributed by atoms with Crippen LogP contribution < -0.4 is 0 Å². The topological polar surface area (TPSA) is 9.23 Å². The summed E-state index contributed by atoms with van der Waals surface area (Å²) in [6.07, 6.45) is 4.94. The first kappa shape index (κ1) is 11.6. The standard InChI is InChI=1S/C14H16O/c1-2-3-7-12-15-13-8-11-14-9-5-4-6-10-14/h4-6,8-11H,2,12-13H2,1H3/b11-8+. The van der Waals surface area contributed by atoms with Crippen molar-refractivity contribution in [2.24, 2.45) is 0 Å². The zero-order valence-electron chi connectivity index (χ0n) is 9.07. The summed E-state index contributed by atoms with van der Waals surface area (Å²) in [6, 6.07) is 10.2. The minimum Gasteiger partial charge on any atom is -0.365 e. The van der Waals surface area contributed by atoms with Gasteiger partial charge in [0.1, 0.15) is 6.61 Å². The molecule has 0 fully saturated rings. The van der Waals surface area contributed by atoms with E-state index in [9.17, 15) is 0 Å². The first-order valence-corrected chi connectivity index (χ1v) is 5.18. The first-order valence-electron chi connectivity index (χ1n) is 5.18. The highest BCUT2D eigenvalue weighted by Gasteiger charge is 1.82. The van der Waals surface area contributed by atoms with Gasteiger partial charge in [-0.1, -0.05) is 55.3 Å².